The van der Waals surface area contributed by atoms with Crippen molar-refractivity contribution >= 4 is 27.5 Å². The van der Waals surface area contributed by atoms with Gasteiger partial charge in [0.2, 0.25) is 0 Å². The molecule has 0 saturated heterocycles. The SMILES string of the molecule is CN(C)S(=O)(=O)Nc1cc(F)c(F)cc1Cl. The maximum atomic E-state index is 12.9. The number of rotatable bonds is 3. The number of nitrogens with one attached hydrogen (secondary N) is 1. The van der Waals surface area contributed by atoms with E-state index < -0.39 is 21.8 Å². The second kappa shape index (κ2) is 4.52. The molecule has 90 valence electrons. The zero-order chi connectivity index (χ0) is 12.5. The number of hydrogen-bond donors (Lipinski definition) is 1. The molecule has 1 aromatic rings. The van der Waals surface area contributed by atoms with Crippen molar-refractivity contribution in [3.8, 4) is 0 Å². The molecule has 0 aliphatic carbocycles. The molecule has 0 aliphatic rings. The van der Waals surface area contributed by atoms with Crippen LogP contribution in [0.25, 0.3) is 0 Å². The summed E-state index contributed by atoms with van der Waals surface area (Å²) in [6, 6.07) is 1.38. The van der Waals surface area contributed by atoms with Gasteiger partial charge in [0.15, 0.2) is 11.6 Å². The zero-order valence-electron chi connectivity index (χ0n) is 8.46. The van der Waals surface area contributed by atoms with Crippen LogP contribution in [-0.2, 0) is 10.2 Å². The summed E-state index contributed by atoms with van der Waals surface area (Å²) in [4.78, 5) is 0. The average Bonchev–Trinajstić information content (AvgIpc) is 2.13. The molecule has 0 saturated carbocycles. The highest BCUT2D eigenvalue weighted by Gasteiger charge is 2.16. The highest BCUT2D eigenvalue weighted by atomic mass is 35.5. The summed E-state index contributed by atoms with van der Waals surface area (Å²) >= 11 is 5.56. The smallest absolute Gasteiger partial charge is 0.269 e. The van der Waals surface area contributed by atoms with Crippen LogP contribution < -0.4 is 4.72 Å². The first kappa shape index (κ1) is 13.1. The van der Waals surface area contributed by atoms with Gasteiger partial charge >= 0.3 is 10.2 Å². The van der Waals surface area contributed by atoms with Crippen LogP contribution >= 0.6 is 11.6 Å². The minimum absolute atomic E-state index is 0.214. The lowest BCUT2D eigenvalue weighted by atomic mass is 10.3. The minimum Gasteiger partial charge on any atom is -0.269 e. The van der Waals surface area contributed by atoms with Gasteiger partial charge in [0.25, 0.3) is 0 Å². The number of benzene rings is 1. The van der Waals surface area contributed by atoms with Crippen LogP contribution in [0.2, 0.25) is 5.02 Å². The standard InChI is InChI=1S/C8H9ClF2N2O2S/c1-13(2)16(14,15)12-8-4-7(11)6(10)3-5(8)9/h3-4,12H,1-2H3. The highest BCUT2D eigenvalue weighted by Crippen LogP contribution is 2.25. The van der Waals surface area contributed by atoms with E-state index in [0.717, 1.165) is 4.31 Å². The number of hydrogen-bond acceptors (Lipinski definition) is 2. The third-order valence-corrected chi connectivity index (χ3v) is 3.48. The maximum Gasteiger partial charge on any atom is 0.301 e. The molecule has 0 bridgehead atoms. The van der Waals surface area contributed by atoms with Crippen molar-refractivity contribution in [2.45, 2.75) is 0 Å². The Bertz CT molecular complexity index is 505. The van der Waals surface area contributed by atoms with Gasteiger partial charge in [-0.25, -0.2) is 8.78 Å². The van der Waals surface area contributed by atoms with Gasteiger partial charge in [0, 0.05) is 20.2 Å². The lowest BCUT2D eigenvalue weighted by molar-refractivity contribution is 0.508. The molecule has 0 aromatic heterocycles. The molecule has 4 nitrogen and oxygen atoms in total. The average molecular weight is 271 g/mol. The first-order valence-electron chi connectivity index (χ1n) is 4.09. The molecule has 0 aliphatic heterocycles. The summed E-state index contributed by atoms with van der Waals surface area (Å²) in [6.07, 6.45) is 0. The van der Waals surface area contributed by atoms with Gasteiger partial charge in [0.1, 0.15) is 0 Å². The quantitative estimate of drug-likeness (QED) is 0.852. The van der Waals surface area contributed by atoms with Crippen LogP contribution in [0.15, 0.2) is 12.1 Å². The van der Waals surface area contributed by atoms with Crippen molar-refractivity contribution in [1.82, 2.24) is 4.31 Å². The van der Waals surface area contributed by atoms with E-state index in [2.05, 4.69) is 0 Å². The Morgan fingerprint density at radius 1 is 1.25 bits per heavy atom. The molecule has 8 heteroatoms. The fraction of sp³-hybridized carbons (Fsp3) is 0.250. The second-order valence-electron chi connectivity index (χ2n) is 3.14. The van der Waals surface area contributed by atoms with Crippen molar-refractivity contribution in [3.05, 3.63) is 28.8 Å². The summed E-state index contributed by atoms with van der Waals surface area (Å²) in [5.74, 6) is -2.32. The van der Waals surface area contributed by atoms with E-state index in [4.69, 9.17) is 11.6 Å². The molecule has 0 heterocycles. The van der Waals surface area contributed by atoms with Crippen LogP contribution in [0.4, 0.5) is 14.5 Å². The van der Waals surface area contributed by atoms with E-state index in [9.17, 15) is 17.2 Å². The van der Waals surface area contributed by atoms with Gasteiger partial charge in [0.05, 0.1) is 10.7 Å². The maximum absolute atomic E-state index is 12.9. The zero-order valence-corrected chi connectivity index (χ0v) is 10.0. The van der Waals surface area contributed by atoms with Crippen molar-refractivity contribution in [1.29, 1.82) is 0 Å². The number of halogens is 3. The van der Waals surface area contributed by atoms with Crippen molar-refractivity contribution in [2.75, 3.05) is 18.8 Å². The Hall–Kier alpha value is -0.920. The normalized spacial score (nSPS) is 11.9. The van der Waals surface area contributed by atoms with Gasteiger partial charge < -0.3 is 0 Å². The van der Waals surface area contributed by atoms with E-state index in [0.29, 0.717) is 12.1 Å². The Morgan fingerprint density at radius 2 is 1.75 bits per heavy atom. The van der Waals surface area contributed by atoms with Gasteiger partial charge in [-0.3, -0.25) is 4.72 Å². The highest BCUT2D eigenvalue weighted by molar-refractivity contribution is 7.90. The topological polar surface area (TPSA) is 49.4 Å². The summed E-state index contributed by atoms with van der Waals surface area (Å²) in [6.45, 7) is 0. The summed E-state index contributed by atoms with van der Waals surface area (Å²) in [7, 11) is -1.22. The third kappa shape index (κ3) is 2.81. The molecular formula is C8H9ClF2N2O2S. The molecule has 0 unspecified atom stereocenters. The van der Waals surface area contributed by atoms with Gasteiger partial charge in [-0.05, 0) is 6.07 Å². The van der Waals surface area contributed by atoms with Crippen molar-refractivity contribution in [3.63, 3.8) is 0 Å². The van der Waals surface area contributed by atoms with Gasteiger partial charge in [-0.1, -0.05) is 11.6 Å². The van der Waals surface area contributed by atoms with E-state index in [1.165, 1.54) is 14.1 Å². The fourth-order valence-corrected chi connectivity index (χ4v) is 1.71. The predicted molar refractivity (Wildman–Crippen MR) is 57.6 cm³/mol. The number of anilines is 1. The van der Waals surface area contributed by atoms with Crippen molar-refractivity contribution < 1.29 is 17.2 Å². The Morgan fingerprint density at radius 3 is 2.25 bits per heavy atom. The third-order valence-electron chi connectivity index (χ3n) is 1.73. The monoisotopic (exact) mass is 270 g/mol. The summed E-state index contributed by atoms with van der Waals surface area (Å²) in [5.41, 5.74) is -0.214. The Labute approximate surface area is 97.0 Å². The van der Waals surface area contributed by atoms with Crippen LogP contribution in [0.3, 0.4) is 0 Å². The first-order chi connectivity index (χ1) is 7.24. The Balaban J connectivity index is 3.13. The second-order valence-corrected chi connectivity index (χ2v) is 5.43. The molecule has 1 aromatic carbocycles. The Kier molecular flexibility index (Phi) is 3.72. The molecule has 0 radical (unpaired) electrons. The molecule has 0 amide bonds. The van der Waals surface area contributed by atoms with Crippen LogP contribution in [0.5, 0.6) is 0 Å². The number of nitrogens with zero attached hydrogens (tertiary/aromatic N) is 1. The van der Waals surface area contributed by atoms with Gasteiger partial charge in [-0.2, -0.15) is 12.7 Å². The summed E-state index contributed by atoms with van der Waals surface area (Å²) < 4.78 is 51.2. The predicted octanol–water partition coefficient (Wildman–Crippen LogP) is 1.84. The lowest BCUT2D eigenvalue weighted by Crippen LogP contribution is -2.29. The fourth-order valence-electron chi connectivity index (χ4n) is 0.831. The van der Waals surface area contributed by atoms with Crippen molar-refractivity contribution in [2.24, 2.45) is 0 Å². The van der Waals surface area contributed by atoms with E-state index in [1.54, 1.807) is 0 Å². The molecule has 0 spiro atoms. The summed E-state index contributed by atoms with van der Waals surface area (Å²) in [5, 5.41) is -0.218. The molecule has 0 fully saturated rings. The molecule has 0 atom stereocenters. The van der Waals surface area contributed by atoms with Gasteiger partial charge in [-0.15, -0.1) is 0 Å². The largest absolute Gasteiger partial charge is 0.301 e. The molecule has 1 N–H and O–H groups in total. The van der Waals surface area contributed by atoms with Crippen LogP contribution in [0, 0.1) is 11.6 Å². The molecule has 1 rings (SSSR count). The minimum atomic E-state index is -3.79. The van der Waals surface area contributed by atoms with E-state index in [1.807, 2.05) is 4.72 Å². The van der Waals surface area contributed by atoms with E-state index in [-0.39, 0.29) is 10.7 Å². The molecular weight excluding hydrogens is 262 g/mol. The first-order valence-corrected chi connectivity index (χ1v) is 5.90. The van der Waals surface area contributed by atoms with Crippen LogP contribution in [-0.4, -0.2) is 26.8 Å². The van der Waals surface area contributed by atoms with E-state index >= 15 is 0 Å². The van der Waals surface area contributed by atoms with Crippen LogP contribution in [0.1, 0.15) is 0 Å². The lowest BCUT2D eigenvalue weighted by Gasteiger charge is -2.14. The molecule has 16 heavy (non-hydrogen) atoms.